The van der Waals surface area contributed by atoms with E-state index >= 15 is 0 Å². The summed E-state index contributed by atoms with van der Waals surface area (Å²) in [7, 11) is 0. The SMILES string of the molecule is C=C.C=C(C)OC(=C)C. The van der Waals surface area contributed by atoms with Crippen molar-refractivity contribution in [2.45, 2.75) is 13.8 Å². The van der Waals surface area contributed by atoms with Gasteiger partial charge in [-0.15, -0.1) is 13.2 Å². The molecule has 0 spiro atoms. The smallest absolute Gasteiger partial charge is 0.0933 e. The maximum atomic E-state index is 4.86. The lowest BCUT2D eigenvalue weighted by atomic mass is 10.6. The standard InChI is InChI=1S/C6H10O.C2H4/c1-5(2)7-6(3)4;1-2/h1,3H2,2,4H3;1-2H2. The number of rotatable bonds is 2. The minimum absolute atomic E-state index is 0.688. The molecule has 0 aliphatic heterocycles. The van der Waals surface area contributed by atoms with Gasteiger partial charge in [-0.05, 0) is 13.8 Å². The van der Waals surface area contributed by atoms with Crippen LogP contribution in [-0.2, 0) is 4.74 Å². The first-order chi connectivity index (χ1) is 4.13. The van der Waals surface area contributed by atoms with Gasteiger partial charge in [-0.2, -0.15) is 0 Å². The predicted molar refractivity (Wildman–Crippen MR) is 42.0 cm³/mol. The Balaban J connectivity index is 0. The Labute approximate surface area is 57.3 Å². The quantitative estimate of drug-likeness (QED) is 0.408. The third kappa shape index (κ3) is 19.4. The molecule has 0 atom stereocenters. The zero-order valence-electron chi connectivity index (χ0n) is 6.24. The highest BCUT2D eigenvalue weighted by atomic mass is 16.5. The molecular weight excluding hydrogens is 112 g/mol. The molecule has 0 heterocycles. The van der Waals surface area contributed by atoms with E-state index in [1.165, 1.54) is 0 Å². The molecule has 0 radical (unpaired) electrons. The van der Waals surface area contributed by atoms with Gasteiger partial charge >= 0.3 is 0 Å². The maximum Gasteiger partial charge on any atom is 0.0933 e. The highest BCUT2D eigenvalue weighted by Gasteiger charge is 1.80. The van der Waals surface area contributed by atoms with Crippen molar-refractivity contribution >= 4 is 0 Å². The summed E-state index contributed by atoms with van der Waals surface area (Å²) >= 11 is 0. The summed E-state index contributed by atoms with van der Waals surface area (Å²) in [5, 5.41) is 0. The fourth-order valence-corrected chi connectivity index (χ4v) is 0.297. The molecule has 52 valence electrons. The monoisotopic (exact) mass is 126 g/mol. The van der Waals surface area contributed by atoms with Gasteiger partial charge in [0.2, 0.25) is 0 Å². The molecule has 0 amide bonds. The second-order valence-electron chi connectivity index (χ2n) is 1.51. The summed E-state index contributed by atoms with van der Waals surface area (Å²) in [6, 6.07) is 0. The van der Waals surface area contributed by atoms with Crippen molar-refractivity contribution in [2.75, 3.05) is 0 Å². The second-order valence-corrected chi connectivity index (χ2v) is 1.51. The molecule has 0 aromatic heterocycles. The van der Waals surface area contributed by atoms with Gasteiger partial charge in [-0.1, -0.05) is 13.2 Å². The summed E-state index contributed by atoms with van der Waals surface area (Å²) in [5.41, 5.74) is 0. The molecule has 9 heavy (non-hydrogen) atoms. The summed E-state index contributed by atoms with van der Waals surface area (Å²) in [6.07, 6.45) is 0. The molecule has 1 nitrogen and oxygen atoms in total. The Kier molecular flexibility index (Phi) is 8.51. The molecule has 0 fully saturated rings. The molecular formula is C8H14O. The summed E-state index contributed by atoms with van der Waals surface area (Å²) in [6.45, 7) is 16.6. The first kappa shape index (κ1) is 10.9. The number of hydrogen-bond acceptors (Lipinski definition) is 1. The third-order valence-corrected chi connectivity index (χ3v) is 0.348. The normalized spacial score (nSPS) is 6.44. The van der Waals surface area contributed by atoms with Gasteiger partial charge in [0, 0.05) is 0 Å². The minimum atomic E-state index is 0.688. The molecule has 0 saturated carbocycles. The van der Waals surface area contributed by atoms with Gasteiger partial charge in [0.1, 0.15) is 0 Å². The van der Waals surface area contributed by atoms with Crippen LogP contribution in [0.2, 0.25) is 0 Å². The van der Waals surface area contributed by atoms with Gasteiger partial charge in [-0.25, -0.2) is 0 Å². The lowest BCUT2D eigenvalue weighted by Crippen LogP contribution is -1.78. The summed E-state index contributed by atoms with van der Waals surface area (Å²) < 4.78 is 4.86. The van der Waals surface area contributed by atoms with Gasteiger partial charge in [0.25, 0.3) is 0 Å². The van der Waals surface area contributed by atoms with E-state index in [1.54, 1.807) is 13.8 Å². The number of ether oxygens (including phenoxy) is 1. The molecule has 0 bridgehead atoms. The second kappa shape index (κ2) is 7.02. The van der Waals surface area contributed by atoms with Crippen molar-refractivity contribution in [2.24, 2.45) is 0 Å². The maximum absolute atomic E-state index is 4.86. The lowest BCUT2D eigenvalue weighted by molar-refractivity contribution is 0.313. The average Bonchev–Trinajstić information content (AvgIpc) is 1.68. The Hall–Kier alpha value is -0.980. The van der Waals surface area contributed by atoms with E-state index in [2.05, 4.69) is 26.3 Å². The van der Waals surface area contributed by atoms with Crippen molar-refractivity contribution in [3.8, 4) is 0 Å². The molecule has 1 heteroatoms. The van der Waals surface area contributed by atoms with E-state index in [0.717, 1.165) is 0 Å². The van der Waals surface area contributed by atoms with Crippen LogP contribution in [0.4, 0.5) is 0 Å². The van der Waals surface area contributed by atoms with Crippen molar-refractivity contribution in [3.63, 3.8) is 0 Å². The first-order valence-corrected chi connectivity index (χ1v) is 2.62. The fraction of sp³-hybridized carbons (Fsp3) is 0.250. The fourth-order valence-electron chi connectivity index (χ4n) is 0.297. The Bertz CT molecular complexity index is 91.1. The third-order valence-electron chi connectivity index (χ3n) is 0.348. The van der Waals surface area contributed by atoms with Crippen LogP contribution in [0.5, 0.6) is 0 Å². The Morgan fingerprint density at radius 2 is 1.22 bits per heavy atom. The van der Waals surface area contributed by atoms with Crippen molar-refractivity contribution in [1.29, 1.82) is 0 Å². The number of hydrogen-bond donors (Lipinski definition) is 0. The largest absolute Gasteiger partial charge is 0.468 e. The van der Waals surface area contributed by atoms with Crippen LogP contribution >= 0.6 is 0 Å². The van der Waals surface area contributed by atoms with Crippen LogP contribution in [0.25, 0.3) is 0 Å². The molecule has 0 aromatic rings. The van der Waals surface area contributed by atoms with Crippen LogP contribution in [0, 0.1) is 0 Å². The molecule has 0 rings (SSSR count). The lowest BCUT2D eigenvalue weighted by Gasteiger charge is -1.99. The van der Waals surface area contributed by atoms with Gasteiger partial charge in [0.05, 0.1) is 11.5 Å². The zero-order valence-corrected chi connectivity index (χ0v) is 6.24. The van der Waals surface area contributed by atoms with E-state index < -0.39 is 0 Å². The van der Waals surface area contributed by atoms with Crippen LogP contribution in [0.1, 0.15) is 13.8 Å². The van der Waals surface area contributed by atoms with E-state index in [-0.39, 0.29) is 0 Å². The average molecular weight is 126 g/mol. The van der Waals surface area contributed by atoms with Crippen LogP contribution in [0.15, 0.2) is 37.8 Å². The highest BCUT2D eigenvalue weighted by Crippen LogP contribution is 1.97. The van der Waals surface area contributed by atoms with Crippen LogP contribution in [-0.4, -0.2) is 0 Å². The summed E-state index contributed by atoms with van der Waals surface area (Å²) in [4.78, 5) is 0. The molecule has 0 aromatic carbocycles. The van der Waals surface area contributed by atoms with E-state index in [4.69, 9.17) is 4.74 Å². The van der Waals surface area contributed by atoms with E-state index in [0.29, 0.717) is 11.5 Å². The number of allylic oxidation sites excluding steroid dienone is 2. The van der Waals surface area contributed by atoms with Crippen molar-refractivity contribution in [1.82, 2.24) is 0 Å². The molecule has 0 N–H and O–H groups in total. The van der Waals surface area contributed by atoms with Crippen LogP contribution < -0.4 is 0 Å². The Morgan fingerprint density at radius 3 is 1.22 bits per heavy atom. The molecule has 0 aliphatic rings. The van der Waals surface area contributed by atoms with E-state index in [9.17, 15) is 0 Å². The molecule has 0 unspecified atom stereocenters. The summed E-state index contributed by atoms with van der Waals surface area (Å²) in [5.74, 6) is 1.38. The molecule has 0 aliphatic carbocycles. The topological polar surface area (TPSA) is 9.23 Å². The van der Waals surface area contributed by atoms with Gasteiger partial charge in [-0.3, -0.25) is 0 Å². The highest BCUT2D eigenvalue weighted by molar-refractivity contribution is 4.85. The van der Waals surface area contributed by atoms with Crippen LogP contribution in [0.3, 0.4) is 0 Å². The minimum Gasteiger partial charge on any atom is -0.468 e. The van der Waals surface area contributed by atoms with Gasteiger partial charge in [0.15, 0.2) is 0 Å². The predicted octanol–water partition coefficient (Wildman–Crippen LogP) is 2.87. The van der Waals surface area contributed by atoms with Gasteiger partial charge < -0.3 is 4.74 Å². The van der Waals surface area contributed by atoms with E-state index in [1.807, 2.05) is 0 Å². The molecule has 0 saturated heterocycles. The zero-order chi connectivity index (χ0) is 7.86. The first-order valence-electron chi connectivity index (χ1n) is 2.62. The Morgan fingerprint density at radius 1 is 1.00 bits per heavy atom. The van der Waals surface area contributed by atoms with Crippen molar-refractivity contribution in [3.05, 3.63) is 37.8 Å². The van der Waals surface area contributed by atoms with Crippen molar-refractivity contribution < 1.29 is 4.74 Å².